The highest BCUT2D eigenvalue weighted by Gasteiger charge is 2.36. The molecule has 4 fully saturated rings. The lowest BCUT2D eigenvalue weighted by Crippen LogP contribution is -2.54. The molecule has 2 aromatic carbocycles. The minimum atomic E-state index is -1.26. The number of nitrogens with one attached hydrogen (secondary N) is 2. The van der Waals surface area contributed by atoms with E-state index in [0.717, 1.165) is 69.2 Å². The molecule has 0 unspecified atom stereocenters. The zero-order chi connectivity index (χ0) is 41.9. The van der Waals surface area contributed by atoms with Crippen LogP contribution in [-0.4, -0.2) is 103 Å². The molecular formula is C44H48F2N10O4. The van der Waals surface area contributed by atoms with Crippen LogP contribution in [0.2, 0.25) is 0 Å². The minimum Gasteiger partial charge on any atom is -0.386 e. The zero-order valence-electron chi connectivity index (χ0n) is 33.7. The summed E-state index contributed by atoms with van der Waals surface area (Å²) in [7, 11) is 0. The second kappa shape index (κ2) is 15.7. The van der Waals surface area contributed by atoms with E-state index in [-0.39, 0.29) is 30.5 Å². The number of imide groups is 1. The Hall–Kier alpha value is -5.76. The molecule has 0 bridgehead atoms. The van der Waals surface area contributed by atoms with Crippen molar-refractivity contribution in [3.05, 3.63) is 88.9 Å². The van der Waals surface area contributed by atoms with E-state index in [1.807, 2.05) is 27.9 Å². The number of nitriles is 1. The van der Waals surface area contributed by atoms with E-state index in [9.17, 15) is 24.8 Å². The number of piperidine rings is 1. The first-order valence-corrected chi connectivity index (χ1v) is 20.8. The molecule has 9 rings (SSSR count). The Morgan fingerprint density at radius 2 is 1.62 bits per heavy atom. The molecule has 0 spiro atoms. The van der Waals surface area contributed by atoms with Gasteiger partial charge in [0.15, 0.2) is 0 Å². The molecule has 2 atom stereocenters. The lowest BCUT2D eigenvalue weighted by molar-refractivity contribution is -0.134. The first-order chi connectivity index (χ1) is 28.8. The first-order valence-electron chi connectivity index (χ1n) is 20.8. The number of halogens is 2. The summed E-state index contributed by atoms with van der Waals surface area (Å²) in [4.78, 5) is 44.5. The van der Waals surface area contributed by atoms with Gasteiger partial charge in [-0.1, -0.05) is 0 Å². The second-order valence-corrected chi connectivity index (χ2v) is 17.2. The van der Waals surface area contributed by atoms with Crippen LogP contribution in [0, 0.1) is 23.0 Å². The normalized spacial score (nSPS) is 23.3. The Morgan fingerprint density at radius 1 is 0.917 bits per heavy atom. The van der Waals surface area contributed by atoms with Gasteiger partial charge in [-0.2, -0.15) is 15.5 Å². The number of hydrogen-bond acceptors (Lipinski definition) is 10. The fourth-order valence-corrected chi connectivity index (χ4v) is 9.79. The predicted molar refractivity (Wildman–Crippen MR) is 219 cm³/mol. The molecule has 3 aliphatic heterocycles. The topological polar surface area (TPSA) is 164 Å². The van der Waals surface area contributed by atoms with E-state index in [4.69, 9.17) is 5.10 Å². The molecule has 6 heterocycles. The number of hydrogen-bond donors (Lipinski definition) is 3. The molecule has 0 radical (unpaired) electrons. The maximum absolute atomic E-state index is 15.3. The fraction of sp³-hybridized carbons (Fsp3) is 0.455. The minimum absolute atomic E-state index is 0.0571. The Balaban J connectivity index is 0.796. The summed E-state index contributed by atoms with van der Waals surface area (Å²) >= 11 is 0. The summed E-state index contributed by atoms with van der Waals surface area (Å²) in [5.74, 6) is -3.97. The van der Waals surface area contributed by atoms with E-state index in [2.05, 4.69) is 31.6 Å². The molecular weight excluding hydrogens is 771 g/mol. The number of anilines is 2. The van der Waals surface area contributed by atoms with Crippen molar-refractivity contribution in [3.63, 3.8) is 0 Å². The number of nitrogens with zero attached hydrogens (tertiary/aromatic N) is 8. The van der Waals surface area contributed by atoms with Crippen molar-refractivity contribution in [2.45, 2.75) is 88.4 Å². The Labute approximate surface area is 345 Å². The number of piperazine rings is 1. The van der Waals surface area contributed by atoms with E-state index >= 15 is 8.78 Å². The van der Waals surface area contributed by atoms with Gasteiger partial charge in [0.1, 0.15) is 23.4 Å². The number of aliphatic hydroxyl groups is 1. The molecule has 1 saturated carbocycles. The third-order valence-corrected chi connectivity index (χ3v) is 13.0. The van der Waals surface area contributed by atoms with Crippen molar-refractivity contribution >= 4 is 45.5 Å². The Bertz CT molecular complexity index is 2520. The Morgan fingerprint density at radius 3 is 2.30 bits per heavy atom. The van der Waals surface area contributed by atoms with Crippen molar-refractivity contribution in [2.75, 3.05) is 49.5 Å². The number of fused-ring (bicyclic) bond motifs is 2. The van der Waals surface area contributed by atoms with Crippen molar-refractivity contribution < 1.29 is 28.3 Å². The largest absolute Gasteiger partial charge is 0.386 e. The van der Waals surface area contributed by atoms with Gasteiger partial charge in [0.2, 0.25) is 11.8 Å². The van der Waals surface area contributed by atoms with Gasteiger partial charge in [-0.15, -0.1) is 0 Å². The summed E-state index contributed by atoms with van der Waals surface area (Å²) in [6, 6.07) is 14.5. The van der Waals surface area contributed by atoms with Crippen molar-refractivity contribution in [2.24, 2.45) is 0 Å². The van der Waals surface area contributed by atoms with Crippen molar-refractivity contribution in [1.82, 2.24) is 34.5 Å². The van der Waals surface area contributed by atoms with Crippen molar-refractivity contribution in [1.29, 1.82) is 5.26 Å². The highest BCUT2D eigenvalue weighted by Crippen LogP contribution is 2.37. The standard InChI is InChI=1S/C44H48F2N10O4/c1-44(2,60)34-21-37-27(18-38(34)49-43(59)39-9-7-30-17-26(22-47)23-48-56(30)39)24-55(51-37)29-5-3-28(4-6-29)52-13-15-53(16-14-52)31-11-12-54(25-31)32-19-35(45)41(36(46)20-32)33-8-10-40(57)50-42(33)58/h7,9,17-21,23-24,28-29,31,33,60H,3-6,8,10-16,25H2,1-2H3,(H,49,59)(H,50,57,58)/t28?,29?,31-,33-/m1/s1. The van der Waals surface area contributed by atoms with E-state index in [0.29, 0.717) is 52.8 Å². The first kappa shape index (κ1) is 39.7. The molecule has 3 saturated heterocycles. The highest BCUT2D eigenvalue weighted by atomic mass is 19.1. The summed E-state index contributed by atoms with van der Waals surface area (Å²) in [6.07, 6.45) is 8.56. The van der Waals surface area contributed by atoms with Gasteiger partial charge in [0, 0.05) is 91.9 Å². The van der Waals surface area contributed by atoms with Crippen LogP contribution >= 0.6 is 0 Å². The molecule has 4 aliphatic rings. The van der Waals surface area contributed by atoms with E-state index in [1.54, 1.807) is 32.0 Å². The van der Waals surface area contributed by atoms with Gasteiger partial charge in [-0.05, 0) is 94.8 Å². The smallest absolute Gasteiger partial charge is 0.274 e. The summed E-state index contributed by atoms with van der Waals surface area (Å²) < 4.78 is 34.1. The monoisotopic (exact) mass is 818 g/mol. The van der Waals surface area contributed by atoms with Crippen LogP contribution in [0.5, 0.6) is 0 Å². The summed E-state index contributed by atoms with van der Waals surface area (Å²) in [6.45, 7) is 8.52. The maximum Gasteiger partial charge on any atom is 0.274 e. The predicted octanol–water partition coefficient (Wildman–Crippen LogP) is 5.21. The van der Waals surface area contributed by atoms with Gasteiger partial charge in [-0.3, -0.25) is 34.2 Å². The van der Waals surface area contributed by atoms with E-state index < -0.39 is 40.9 Å². The van der Waals surface area contributed by atoms with Gasteiger partial charge >= 0.3 is 0 Å². The van der Waals surface area contributed by atoms with Crippen molar-refractivity contribution in [3.8, 4) is 6.07 Å². The second-order valence-electron chi connectivity index (χ2n) is 17.2. The SMILES string of the molecule is CC(C)(O)c1cc2nn(C3CCC(N4CCN([C@@H]5CCN(c6cc(F)c([C@H]7CCC(=O)NC7=O)c(F)c6)C5)CC4)CC3)cc2cc1NC(=O)c1ccc2cc(C#N)cnn12. The third-order valence-electron chi connectivity index (χ3n) is 13.0. The summed E-state index contributed by atoms with van der Waals surface area (Å²) in [5.41, 5.74) is 2.06. The molecule has 60 heavy (non-hydrogen) atoms. The van der Waals surface area contributed by atoms with Crippen LogP contribution in [0.3, 0.4) is 0 Å². The number of benzene rings is 2. The van der Waals surface area contributed by atoms with E-state index in [1.165, 1.54) is 22.8 Å². The number of amides is 3. The van der Waals surface area contributed by atoms with Crippen LogP contribution in [0.4, 0.5) is 20.2 Å². The van der Waals surface area contributed by atoms with Crippen LogP contribution in [0.15, 0.2) is 54.9 Å². The molecule has 14 nitrogen and oxygen atoms in total. The highest BCUT2D eigenvalue weighted by molar-refractivity contribution is 6.05. The van der Waals surface area contributed by atoms with Crippen LogP contribution in [-0.2, 0) is 15.2 Å². The number of carbonyl (C=O) groups excluding carboxylic acids is 3. The van der Waals surface area contributed by atoms with Gasteiger partial charge in [-0.25, -0.2) is 13.3 Å². The summed E-state index contributed by atoms with van der Waals surface area (Å²) in [5, 5.41) is 35.6. The van der Waals surface area contributed by atoms with Crippen LogP contribution < -0.4 is 15.5 Å². The number of aromatic nitrogens is 4. The van der Waals surface area contributed by atoms with Gasteiger partial charge in [0.25, 0.3) is 5.91 Å². The lowest BCUT2D eigenvalue weighted by atomic mass is 9.89. The fourth-order valence-electron chi connectivity index (χ4n) is 9.79. The quantitative estimate of drug-likeness (QED) is 0.177. The average Bonchev–Trinajstić information content (AvgIpc) is 4.00. The molecule has 312 valence electrons. The molecule has 16 heteroatoms. The lowest BCUT2D eigenvalue weighted by Gasteiger charge is -2.43. The van der Waals surface area contributed by atoms with Crippen LogP contribution in [0.1, 0.15) is 97.9 Å². The van der Waals surface area contributed by atoms with Gasteiger partial charge < -0.3 is 15.3 Å². The number of carbonyl (C=O) groups is 3. The zero-order valence-corrected chi connectivity index (χ0v) is 33.7. The average molecular weight is 819 g/mol. The number of rotatable bonds is 8. The molecule has 5 aromatic rings. The Kier molecular flexibility index (Phi) is 10.4. The molecule has 3 N–H and O–H groups in total. The molecule has 1 aliphatic carbocycles. The molecule has 3 amide bonds. The van der Waals surface area contributed by atoms with Gasteiger partial charge in [0.05, 0.1) is 40.4 Å². The maximum atomic E-state index is 15.3. The van der Waals surface area contributed by atoms with Crippen LogP contribution in [0.25, 0.3) is 16.4 Å². The molecule has 3 aromatic heterocycles. The third kappa shape index (κ3) is 7.61.